The van der Waals surface area contributed by atoms with Crippen LogP contribution in [0.15, 0.2) is 0 Å². The molecular weight excluding hydrogens is 126 g/mol. The summed E-state index contributed by atoms with van der Waals surface area (Å²) in [6.45, 7) is 2.96. The van der Waals surface area contributed by atoms with Crippen molar-refractivity contribution in [1.29, 1.82) is 0 Å². The third kappa shape index (κ3) is 0.898. The van der Waals surface area contributed by atoms with Crippen LogP contribution in [-0.4, -0.2) is 25.3 Å². The lowest BCUT2D eigenvalue weighted by Crippen LogP contribution is -2.43. The van der Waals surface area contributed by atoms with Crippen LogP contribution >= 0.6 is 0 Å². The van der Waals surface area contributed by atoms with Gasteiger partial charge in [-0.05, 0) is 0 Å². The summed E-state index contributed by atoms with van der Waals surface area (Å²) >= 11 is 0. The van der Waals surface area contributed by atoms with Crippen LogP contribution in [0.4, 0.5) is 0 Å². The summed E-state index contributed by atoms with van der Waals surface area (Å²) in [6, 6.07) is 3.04. The van der Waals surface area contributed by atoms with Gasteiger partial charge in [-0.25, -0.2) is 0 Å². The number of hydrogen-bond donors (Lipinski definition) is 2. The van der Waals surface area contributed by atoms with Crippen LogP contribution in [0.3, 0.4) is 0 Å². The molecule has 0 bridgehead atoms. The Balaban J connectivity index is 2.10. The molecule has 3 nitrogen and oxygen atoms in total. The van der Waals surface area contributed by atoms with Gasteiger partial charge in [-0.15, -0.1) is 0 Å². The smallest absolute Gasteiger partial charge is 0.274 e. The van der Waals surface area contributed by atoms with E-state index in [9.17, 15) is 0 Å². The van der Waals surface area contributed by atoms with Crippen molar-refractivity contribution < 1.29 is 0 Å². The quantitative estimate of drug-likeness (QED) is 0.493. The third-order valence-electron chi connectivity index (χ3n) is 2.28. The molecule has 1 unspecified atom stereocenters. The zero-order valence-corrected chi connectivity index (χ0v) is 5.98. The van der Waals surface area contributed by atoms with Gasteiger partial charge in [-0.1, -0.05) is 4.85 Å². The first-order valence-corrected chi connectivity index (χ1v) is 3.76. The van der Waals surface area contributed by atoms with Gasteiger partial charge in [0.1, 0.15) is 6.42 Å². The maximum Gasteiger partial charge on any atom is 0.274 e. The Morgan fingerprint density at radius 2 is 2.50 bits per heavy atom. The summed E-state index contributed by atoms with van der Waals surface area (Å²) in [6.07, 6.45) is 2.13. The summed E-state index contributed by atoms with van der Waals surface area (Å²) in [7, 11) is 0. The fourth-order valence-corrected chi connectivity index (χ4v) is 1.56. The molecule has 54 valence electrons. The Labute approximate surface area is 60.6 Å². The molecule has 0 aromatic rings. The van der Waals surface area contributed by atoms with Crippen molar-refractivity contribution in [2.24, 2.45) is 0 Å². The van der Waals surface area contributed by atoms with Crippen molar-refractivity contribution in [3.63, 3.8) is 0 Å². The van der Waals surface area contributed by atoms with Crippen LogP contribution in [-0.2, 0) is 0 Å². The molecule has 2 aliphatic rings. The highest BCUT2D eigenvalue weighted by atomic mass is 15.2. The highest BCUT2D eigenvalue weighted by Gasteiger charge is 2.37. The predicted octanol–water partition coefficient (Wildman–Crippen LogP) is 0.00220. The molecule has 1 saturated heterocycles. The average molecular weight is 138 g/mol. The van der Waals surface area contributed by atoms with Crippen LogP contribution < -0.4 is 10.6 Å². The van der Waals surface area contributed by atoms with E-state index in [0.29, 0.717) is 5.54 Å². The highest BCUT2D eigenvalue weighted by Crippen LogP contribution is 2.19. The number of hydrogen-bond acceptors (Lipinski definition) is 2. The van der Waals surface area contributed by atoms with E-state index < -0.39 is 0 Å². The van der Waals surface area contributed by atoms with Gasteiger partial charge in [0.15, 0.2) is 0 Å². The Kier molecular flexibility index (Phi) is 1.37. The van der Waals surface area contributed by atoms with Crippen molar-refractivity contribution in [2.75, 3.05) is 19.8 Å². The monoisotopic (exact) mass is 138 g/mol. The van der Waals surface area contributed by atoms with Gasteiger partial charge in [0.05, 0.1) is 5.54 Å². The van der Waals surface area contributed by atoms with Crippen LogP contribution in [0.25, 0.3) is 4.85 Å². The highest BCUT2D eigenvalue weighted by molar-refractivity contribution is 5.09. The van der Waals surface area contributed by atoms with E-state index >= 15 is 0 Å². The maximum absolute atomic E-state index is 4.08. The molecule has 10 heavy (non-hydrogen) atoms. The van der Waals surface area contributed by atoms with E-state index in [1.54, 1.807) is 0 Å². The van der Waals surface area contributed by atoms with Crippen LogP contribution in [0.2, 0.25) is 0 Å². The lowest BCUT2D eigenvalue weighted by molar-refractivity contribution is 0.383. The SMILES string of the molecule is C1#[N+]CCC2(C1)CNCN2. The van der Waals surface area contributed by atoms with Crippen molar-refractivity contribution in [3.05, 3.63) is 4.85 Å². The number of rotatable bonds is 0. The van der Waals surface area contributed by atoms with Crippen molar-refractivity contribution in [3.8, 4) is 6.07 Å². The minimum atomic E-state index is 0.307. The van der Waals surface area contributed by atoms with E-state index in [1.807, 2.05) is 0 Å². The molecular formula is C7H12N3+. The van der Waals surface area contributed by atoms with Gasteiger partial charge in [-0.3, -0.25) is 5.32 Å². The number of nitrogens with zero attached hydrogens (tertiary/aromatic N) is 1. The molecule has 2 aliphatic heterocycles. The number of nitrogens with one attached hydrogen (secondary N) is 2. The second-order valence-corrected chi connectivity index (χ2v) is 3.03. The average Bonchev–Trinajstić information content (AvgIpc) is 2.39. The zero-order valence-electron chi connectivity index (χ0n) is 5.98. The molecule has 0 aromatic carbocycles. The predicted molar refractivity (Wildman–Crippen MR) is 40.1 cm³/mol. The second-order valence-electron chi connectivity index (χ2n) is 3.03. The van der Waals surface area contributed by atoms with E-state index in [0.717, 1.165) is 32.6 Å². The molecule has 0 amide bonds. The second kappa shape index (κ2) is 2.22. The molecule has 1 spiro atoms. The molecule has 2 N–H and O–H groups in total. The summed E-state index contributed by atoms with van der Waals surface area (Å²) in [5.41, 5.74) is 0.307. The van der Waals surface area contributed by atoms with E-state index in [1.165, 1.54) is 0 Å². The van der Waals surface area contributed by atoms with Crippen molar-refractivity contribution in [2.45, 2.75) is 18.4 Å². The third-order valence-corrected chi connectivity index (χ3v) is 2.28. The van der Waals surface area contributed by atoms with E-state index in [4.69, 9.17) is 0 Å². The maximum atomic E-state index is 4.08. The molecule has 0 aromatic heterocycles. The van der Waals surface area contributed by atoms with Gasteiger partial charge >= 0.3 is 0 Å². The van der Waals surface area contributed by atoms with Gasteiger partial charge in [0.2, 0.25) is 0 Å². The fraction of sp³-hybridized carbons (Fsp3) is 0.857. The Bertz CT molecular complexity index is 183. The van der Waals surface area contributed by atoms with Gasteiger partial charge in [-0.2, -0.15) is 0 Å². The largest absolute Gasteiger partial charge is 0.303 e. The molecule has 1 fully saturated rings. The Morgan fingerprint density at radius 1 is 1.50 bits per heavy atom. The molecule has 2 rings (SSSR count). The molecule has 0 aliphatic carbocycles. The summed E-state index contributed by atoms with van der Waals surface area (Å²) in [4.78, 5) is 4.08. The Hall–Kier alpha value is -0.590. The summed E-state index contributed by atoms with van der Waals surface area (Å²) in [5.74, 6) is 0. The molecule has 2 heterocycles. The first-order chi connectivity index (χ1) is 4.91. The Morgan fingerprint density at radius 3 is 3.10 bits per heavy atom. The summed E-state index contributed by atoms with van der Waals surface area (Å²) in [5, 5.41) is 6.73. The van der Waals surface area contributed by atoms with Crippen LogP contribution in [0, 0.1) is 6.07 Å². The van der Waals surface area contributed by atoms with Gasteiger partial charge < -0.3 is 5.32 Å². The molecule has 1 atom stereocenters. The van der Waals surface area contributed by atoms with Crippen LogP contribution in [0.1, 0.15) is 12.8 Å². The van der Waals surface area contributed by atoms with Crippen LogP contribution in [0.5, 0.6) is 0 Å². The summed E-state index contributed by atoms with van der Waals surface area (Å²) < 4.78 is 0. The minimum Gasteiger partial charge on any atom is -0.303 e. The van der Waals surface area contributed by atoms with E-state index in [-0.39, 0.29) is 0 Å². The molecule has 3 heteroatoms. The molecule has 0 radical (unpaired) electrons. The topological polar surface area (TPSA) is 28.4 Å². The van der Waals surface area contributed by atoms with Gasteiger partial charge in [0.25, 0.3) is 12.6 Å². The fourth-order valence-electron chi connectivity index (χ4n) is 1.56. The van der Waals surface area contributed by atoms with Gasteiger partial charge in [0, 0.05) is 19.6 Å². The standard InChI is InChI=1S/C7H12N3/c1-3-8-4-2-7(1)5-9-6-10-7/h9-10H,1-3,5-6H2/q+1. The first kappa shape index (κ1) is 6.14. The normalized spacial score (nSPS) is 37.6. The zero-order chi connectivity index (χ0) is 6.86. The molecule has 0 saturated carbocycles. The minimum absolute atomic E-state index is 0.307. The van der Waals surface area contributed by atoms with E-state index in [2.05, 4.69) is 21.5 Å². The van der Waals surface area contributed by atoms with Crippen molar-refractivity contribution in [1.82, 2.24) is 10.6 Å². The first-order valence-electron chi connectivity index (χ1n) is 3.76. The lowest BCUT2D eigenvalue weighted by atomic mass is 9.92. The lowest BCUT2D eigenvalue weighted by Gasteiger charge is -2.22. The van der Waals surface area contributed by atoms with Crippen molar-refractivity contribution >= 4 is 0 Å².